The number of rotatable bonds is 16. The normalized spacial score (nSPS) is 17.4. The number of nitrogens with one attached hydrogen (secondary N) is 3. The van der Waals surface area contributed by atoms with Gasteiger partial charge in [0.15, 0.2) is 0 Å². The third-order valence-electron chi connectivity index (χ3n) is 7.05. The van der Waals surface area contributed by atoms with Crippen molar-refractivity contribution in [2.45, 2.75) is 96.8 Å². The summed E-state index contributed by atoms with van der Waals surface area (Å²) in [4.78, 5) is 52.6. The fourth-order valence-corrected chi connectivity index (χ4v) is 5.11. The molecule has 10 nitrogen and oxygen atoms in total. The van der Waals surface area contributed by atoms with Crippen LogP contribution in [0.25, 0.3) is 0 Å². The van der Waals surface area contributed by atoms with E-state index < -0.39 is 24.1 Å². The molecule has 1 aliphatic heterocycles. The number of nitrogens with zero attached hydrogens (tertiary/aromatic N) is 1. The van der Waals surface area contributed by atoms with Gasteiger partial charge in [-0.3, -0.25) is 14.4 Å². The summed E-state index contributed by atoms with van der Waals surface area (Å²) in [5.41, 5.74) is 7.31. The van der Waals surface area contributed by atoms with Crippen molar-refractivity contribution in [3.8, 4) is 0 Å². The van der Waals surface area contributed by atoms with E-state index in [1.165, 1.54) is 0 Å². The monoisotopic (exact) mass is 571 g/mol. The number of hydrogen-bond donors (Lipinski definition) is 5. The first-order valence-corrected chi connectivity index (χ1v) is 14.8. The molecule has 1 heterocycles. The highest BCUT2D eigenvalue weighted by atomic mass is 16.4. The van der Waals surface area contributed by atoms with Crippen molar-refractivity contribution in [3.63, 3.8) is 0 Å². The molecule has 0 aliphatic carbocycles. The largest absolute Gasteiger partial charge is 0.465 e. The van der Waals surface area contributed by atoms with Gasteiger partial charge in [0.1, 0.15) is 12.1 Å². The Morgan fingerprint density at radius 1 is 1.05 bits per heavy atom. The Morgan fingerprint density at radius 2 is 1.76 bits per heavy atom. The van der Waals surface area contributed by atoms with Gasteiger partial charge in [-0.2, -0.15) is 0 Å². The molecular formula is C31H49N5O5. The molecule has 1 aliphatic rings. The summed E-state index contributed by atoms with van der Waals surface area (Å²) >= 11 is 0. The molecule has 10 heteroatoms. The molecule has 228 valence electrons. The second kappa shape index (κ2) is 17.4. The second-order valence-electron chi connectivity index (χ2n) is 11.6. The Labute approximate surface area is 244 Å². The molecule has 41 heavy (non-hydrogen) atoms. The van der Waals surface area contributed by atoms with Crippen molar-refractivity contribution in [1.29, 1.82) is 0 Å². The molecule has 4 amide bonds. The van der Waals surface area contributed by atoms with Gasteiger partial charge in [-0.15, -0.1) is 0 Å². The summed E-state index contributed by atoms with van der Waals surface area (Å²) in [6.07, 6.45) is 6.67. The van der Waals surface area contributed by atoms with Crippen LogP contribution < -0.4 is 21.7 Å². The standard InChI is InChI=1S/C31H49N5O5/c1-21(2)19-25(32)16-15-24(20-23-11-6-5-7-12-23)30(39)36-18-10-14-27(36)29(38)35-26(28(37)34-22(3)4)13-8-9-17-33-31(40)41/h5-7,11-12,15-16,21-22,24-27,33H,8-10,13-14,17-20,32H2,1-4H3,(H,34,37)(H,35,38)(H,40,41)/b16-15+/t24-,25-,26?,27?/m1/s1. The van der Waals surface area contributed by atoms with Gasteiger partial charge in [0.25, 0.3) is 0 Å². The number of carboxylic acid groups (broad SMARTS) is 1. The molecule has 0 spiro atoms. The molecule has 0 saturated carbocycles. The lowest BCUT2D eigenvalue weighted by Crippen LogP contribution is -2.54. The molecule has 0 bridgehead atoms. The fraction of sp³-hybridized carbons (Fsp3) is 0.613. The Morgan fingerprint density at radius 3 is 2.39 bits per heavy atom. The summed E-state index contributed by atoms with van der Waals surface area (Å²) < 4.78 is 0. The molecular weight excluding hydrogens is 522 g/mol. The van der Waals surface area contributed by atoms with Crippen LogP contribution in [0.1, 0.15) is 71.8 Å². The van der Waals surface area contributed by atoms with Crippen LogP contribution >= 0.6 is 0 Å². The van der Waals surface area contributed by atoms with Crippen LogP contribution in [0, 0.1) is 11.8 Å². The van der Waals surface area contributed by atoms with Crippen LogP contribution in [0.2, 0.25) is 0 Å². The smallest absolute Gasteiger partial charge is 0.404 e. The lowest BCUT2D eigenvalue weighted by Gasteiger charge is -2.29. The summed E-state index contributed by atoms with van der Waals surface area (Å²) in [6.45, 7) is 8.64. The van der Waals surface area contributed by atoms with E-state index in [1.54, 1.807) is 4.90 Å². The number of hydrogen-bond acceptors (Lipinski definition) is 5. The minimum Gasteiger partial charge on any atom is -0.465 e. The van der Waals surface area contributed by atoms with E-state index in [4.69, 9.17) is 10.8 Å². The molecule has 1 aromatic carbocycles. The number of unbranched alkanes of at least 4 members (excludes halogenated alkanes) is 1. The number of amides is 4. The molecule has 1 fully saturated rings. The molecule has 0 aromatic heterocycles. The first kappa shape index (κ1) is 33.8. The highest BCUT2D eigenvalue weighted by molar-refractivity contribution is 5.93. The van der Waals surface area contributed by atoms with E-state index in [-0.39, 0.29) is 36.3 Å². The van der Waals surface area contributed by atoms with E-state index in [1.807, 2.05) is 56.3 Å². The van der Waals surface area contributed by atoms with Crippen LogP contribution in [-0.2, 0) is 20.8 Å². The quantitative estimate of drug-likeness (QED) is 0.152. The van der Waals surface area contributed by atoms with Crippen molar-refractivity contribution >= 4 is 23.8 Å². The van der Waals surface area contributed by atoms with Gasteiger partial charge in [-0.05, 0) is 70.3 Å². The molecule has 2 unspecified atom stereocenters. The van der Waals surface area contributed by atoms with Crippen molar-refractivity contribution in [2.24, 2.45) is 17.6 Å². The third kappa shape index (κ3) is 12.3. The first-order valence-electron chi connectivity index (χ1n) is 14.8. The predicted octanol–water partition coefficient (Wildman–Crippen LogP) is 3.21. The Bertz CT molecular complexity index is 1010. The number of likely N-dealkylation sites (tertiary alicyclic amines) is 1. The number of carbonyl (C=O) groups is 4. The van der Waals surface area contributed by atoms with Crippen LogP contribution in [0.3, 0.4) is 0 Å². The lowest BCUT2D eigenvalue weighted by molar-refractivity contribution is -0.141. The fourth-order valence-electron chi connectivity index (χ4n) is 5.11. The van der Waals surface area contributed by atoms with Crippen LogP contribution in [0.15, 0.2) is 42.5 Å². The van der Waals surface area contributed by atoms with E-state index in [9.17, 15) is 19.2 Å². The van der Waals surface area contributed by atoms with Gasteiger partial charge in [0, 0.05) is 25.2 Å². The van der Waals surface area contributed by atoms with E-state index in [2.05, 4.69) is 29.8 Å². The van der Waals surface area contributed by atoms with Gasteiger partial charge in [-0.25, -0.2) is 4.79 Å². The molecule has 1 aromatic rings. The molecule has 6 N–H and O–H groups in total. The lowest BCUT2D eigenvalue weighted by atomic mass is 9.95. The molecule has 0 radical (unpaired) electrons. The Balaban J connectivity index is 2.16. The minimum atomic E-state index is -1.10. The average molecular weight is 572 g/mol. The van der Waals surface area contributed by atoms with Gasteiger partial charge < -0.3 is 31.7 Å². The van der Waals surface area contributed by atoms with Crippen LogP contribution in [0.5, 0.6) is 0 Å². The van der Waals surface area contributed by atoms with Crippen LogP contribution in [0.4, 0.5) is 4.79 Å². The van der Waals surface area contributed by atoms with Gasteiger partial charge >= 0.3 is 6.09 Å². The maximum absolute atomic E-state index is 13.9. The maximum Gasteiger partial charge on any atom is 0.404 e. The van der Waals surface area contributed by atoms with Crippen molar-refractivity contribution in [3.05, 3.63) is 48.0 Å². The SMILES string of the molecule is CC(C)C[C@H](N)/C=C/[C@H](Cc1ccccc1)C(=O)N1CCCC1C(=O)NC(CCCCNC(=O)O)C(=O)NC(C)C. The van der Waals surface area contributed by atoms with Gasteiger partial charge in [0.05, 0.1) is 5.92 Å². The Kier molecular flexibility index (Phi) is 14.4. The first-order chi connectivity index (χ1) is 19.5. The number of carbonyl (C=O) groups excluding carboxylic acids is 3. The second-order valence-corrected chi connectivity index (χ2v) is 11.6. The van der Waals surface area contributed by atoms with Crippen molar-refractivity contribution < 1.29 is 24.3 Å². The number of benzene rings is 1. The molecule has 4 atom stereocenters. The predicted molar refractivity (Wildman–Crippen MR) is 160 cm³/mol. The molecule has 1 saturated heterocycles. The van der Waals surface area contributed by atoms with E-state index in [0.29, 0.717) is 51.0 Å². The van der Waals surface area contributed by atoms with Crippen molar-refractivity contribution in [1.82, 2.24) is 20.9 Å². The number of nitrogens with two attached hydrogens (primary N) is 1. The topological polar surface area (TPSA) is 154 Å². The highest BCUT2D eigenvalue weighted by Gasteiger charge is 2.38. The zero-order chi connectivity index (χ0) is 30.4. The summed E-state index contributed by atoms with van der Waals surface area (Å²) in [5.74, 6) is -0.797. The Hall–Kier alpha value is -3.40. The summed E-state index contributed by atoms with van der Waals surface area (Å²) in [6, 6.07) is 8.08. The maximum atomic E-state index is 13.9. The average Bonchev–Trinajstić information content (AvgIpc) is 3.39. The zero-order valence-corrected chi connectivity index (χ0v) is 25.0. The highest BCUT2D eigenvalue weighted by Crippen LogP contribution is 2.23. The molecule has 2 rings (SSSR count). The zero-order valence-electron chi connectivity index (χ0n) is 25.0. The van der Waals surface area contributed by atoms with E-state index >= 15 is 0 Å². The van der Waals surface area contributed by atoms with Gasteiger partial charge in [-0.1, -0.05) is 56.3 Å². The van der Waals surface area contributed by atoms with Crippen molar-refractivity contribution in [2.75, 3.05) is 13.1 Å². The summed E-state index contributed by atoms with van der Waals surface area (Å²) in [5, 5.41) is 16.8. The summed E-state index contributed by atoms with van der Waals surface area (Å²) in [7, 11) is 0. The van der Waals surface area contributed by atoms with Crippen LogP contribution in [-0.4, -0.2) is 71.1 Å². The third-order valence-corrected chi connectivity index (χ3v) is 7.05. The van der Waals surface area contributed by atoms with Gasteiger partial charge in [0.2, 0.25) is 17.7 Å². The van der Waals surface area contributed by atoms with E-state index in [0.717, 1.165) is 12.0 Å². The minimum absolute atomic E-state index is 0.104.